The molecule has 1 aromatic heterocycles. The fourth-order valence-corrected chi connectivity index (χ4v) is 4.87. The topological polar surface area (TPSA) is 86.5 Å². The second-order valence-corrected chi connectivity index (χ2v) is 7.66. The molecule has 1 amide bonds. The number of carbonyl (C=O) groups is 1. The molecule has 0 unspecified atom stereocenters. The lowest BCUT2D eigenvalue weighted by atomic mass is 9.67. The zero-order valence-corrected chi connectivity index (χ0v) is 14.6. The molecule has 2 aliphatic rings. The van der Waals surface area contributed by atoms with Gasteiger partial charge < -0.3 is 20.5 Å². The number of aromatic nitrogens is 1. The highest BCUT2D eigenvalue weighted by molar-refractivity contribution is 7.22. The van der Waals surface area contributed by atoms with Crippen LogP contribution >= 0.6 is 11.3 Å². The monoisotopic (exact) mass is 347 g/mol. The fourth-order valence-electron chi connectivity index (χ4n) is 4.01. The molecule has 128 valence electrons. The number of hydrogen-bond donors (Lipinski definition) is 2. The van der Waals surface area contributed by atoms with Crippen LogP contribution in [0, 0.1) is 18.8 Å². The molecule has 24 heavy (non-hydrogen) atoms. The first-order valence-corrected chi connectivity index (χ1v) is 8.98. The van der Waals surface area contributed by atoms with E-state index < -0.39 is 0 Å². The van der Waals surface area contributed by atoms with E-state index in [-0.39, 0.29) is 24.0 Å². The quantitative estimate of drug-likeness (QED) is 0.883. The summed E-state index contributed by atoms with van der Waals surface area (Å²) in [4.78, 5) is 17.1. The first kappa shape index (κ1) is 15.8. The van der Waals surface area contributed by atoms with Crippen LogP contribution in [-0.2, 0) is 9.47 Å². The lowest BCUT2D eigenvalue weighted by molar-refractivity contribution is -0.0809. The summed E-state index contributed by atoms with van der Waals surface area (Å²) in [6.07, 6.45) is 1.22. The van der Waals surface area contributed by atoms with Gasteiger partial charge in [0.15, 0.2) is 5.13 Å². The van der Waals surface area contributed by atoms with Crippen LogP contribution in [0.1, 0.15) is 22.3 Å². The maximum absolute atomic E-state index is 12.7. The van der Waals surface area contributed by atoms with Gasteiger partial charge in [-0.05, 0) is 31.0 Å². The molecular weight excluding hydrogens is 326 g/mol. The Morgan fingerprint density at radius 1 is 1.54 bits per heavy atom. The van der Waals surface area contributed by atoms with Crippen molar-refractivity contribution in [3.63, 3.8) is 0 Å². The summed E-state index contributed by atoms with van der Waals surface area (Å²) >= 11 is 1.41. The molecule has 1 saturated carbocycles. The van der Waals surface area contributed by atoms with Gasteiger partial charge in [0, 0.05) is 37.2 Å². The first-order chi connectivity index (χ1) is 11.6. The van der Waals surface area contributed by atoms with E-state index >= 15 is 0 Å². The molecule has 2 fully saturated rings. The molecule has 4 rings (SSSR count). The summed E-state index contributed by atoms with van der Waals surface area (Å²) in [7, 11) is 1.69. The molecule has 1 saturated heterocycles. The van der Waals surface area contributed by atoms with Gasteiger partial charge in [-0.25, -0.2) is 4.98 Å². The normalized spacial score (nSPS) is 28.6. The molecule has 7 heteroatoms. The molecule has 1 aliphatic carbocycles. The van der Waals surface area contributed by atoms with Gasteiger partial charge in [0.1, 0.15) is 0 Å². The molecule has 4 atom stereocenters. The number of benzene rings is 1. The van der Waals surface area contributed by atoms with Gasteiger partial charge in [-0.2, -0.15) is 0 Å². The number of rotatable bonds is 4. The van der Waals surface area contributed by atoms with Crippen molar-refractivity contribution >= 4 is 32.6 Å². The Hall–Kier alpha value is -1.70. The summed E-state index contributed by atoms with van der Waals surface area (Å²) in [6.45, 7) is 3.33. The number of methoxy groups -OCH3 is 1. The third-order valence-electron chi connectivity index (χ3n) is 5.15. The summed E-state index contributed by atoms with van der Waals surface area (Å²) in [5.41, 5.74) is 8.28. The van der Waals surface area contributed by atoms with Crippen molar-refractivity contribution in [1.82, 2.24) is 10.3 Å². The van der Waals surface area contributed by atoms with E-state index in [1.54, 1.807) is 7.11 Å². The maximum atomic E-state index is 12.7. The number of hydrogen-bond acceptors (Lipinski definition) is 6. The van der Waals surface area contributed by atoms with Gasteiger partial charge in [-0.15, -0.1) is 0 Å². The summed E-state index contributed by atoms with van der Waals surface area (Å²) < 4.78 is 12.0. The van der Waals surface area contributed by atoms with Gasteiger partial charge >= 0.3 is 0 Å². The van der Waals surface area contributed by atoms with Gasteiger partial charge in [0.2, 0.25) is 0 Å². The SMILES string of the molecule is COC[C@H]1[C@@H](NC(=O)c2cc(C)c3nc(N)sc3c2)[C@H]2CCO[C@H]21. The third kappa shape index (κ3) is 2.47. The molecule has 6 nitrogen and oxygen atoms in total. The van der Waals surface area contributed by atoms with Crippen LogP contribution in [0.4, 0.5) is 5.13 Å². The zero-order chi connectivity index (χ0) is 16.8. The van der Waals surface area contributed by atoms with E-state index in [0.717, 1.165) is 28.8 Å². The number of ether oxygens (including phenoxy) is 2. The maximum Gasteiger partial charge on any atom is 0.251 e. The molecule has 2 aromatic rings. The smallest absolute Gasteiger partial charge is 0.251 e. The van der Waals surface area contributed by atoms with Crippen molar-refractivity contribution < 1.29 is 14.3 Å². The molecule has 0 bridgehead atoms. The standard InChI is InChI=1S/C17H21N3O3S/c1-8-5-9(6-12-13(8)20-17(18)24-12)16(21)19-14-10-3-4-23-15(10)11(14)7-22-2/h5-6,10-11,14-15H,3-4,7H2,1-2H3,(H2,18,20)(H,19,21)/t10-,11+,14+,15-/m1/s1. The van der Waals surface area contributed by atoms with E-state index in [1.807, 2.05) is 19.1 Å². The van der Waals surface area contributed by atoms with Crippen molar-refractivity contribution in [2.75, 3.05) is 26.1 Å². The van der Waals surface area contributed by atoms with Crippen LogP contribution in [0.15, 0.2) is 12.1 Å². The summed E-state index contributed by atoms with van der Waals surface area (Å²) in [6, 6.07) is 3.87. The number of thiazole rings is 1. The first-order valence-electron chi connectivity index (χ1n) is 8.16. The van der Waals surface area contributed by atoms with Crippen molar-refractivity contribution in [3.05, 3.63) is 23.3 Å². The summed E-state index contributed by atoms with van der Waals surface area (Å²) in [5.74, 6) is 0.580. The second-order valence-electron chi connectivity index (χ2n) is 6.60. The molecule has 0 spiro atoms. The number of amides is 1. The van der Waals surface area contributed by atoms with E-state index in [0.29, 0.717) is 23.2 Å². The second kappa shape index (κ2) is 5.98. The van der Waals surface area contributed by atoms with E-state index in [4.69, 9.17) is 15.2 Å². The Kier molecular flexibility index (Phi) is 3.94. The zero-order valence-electron chi connectivity index (χ0n) is 13.7. The van der Waals surface area contributed by atoms with Crippen LogP contribution in [0.2, 0.25) is 0 Å². The Morgan fingerprint density at radius 3 is 3.17 bits per heavy atom. The molecule has 0 radical (unpaired) electrons. The number of aryl methyl sites for hydroxylation is 1. The third-order valence-corrected chi connectivity index (χ3v) is 5.98. The van der Waals surface area contributed by atoms with Crippen molar-refractivity contribution in [1.29, 1.82) is 0 Å². The van der Waals surface area contributed by atoms with Crippen molar-refractivity contribution in [2.45, 2.75) is 25.5 Å². The lowest BCUT2D eigenvalue weighted by Crippen LogP contribution is -2.62. The van der Waals surface area contributed by atoms with Crippen LogP contribution in [0.25, 0.3) is 10.2 Å². The largest absolute Gasteiger partial charge is 0.384 e. The fraction of sp³-hybridized carbons (Fsp3) is 0.529. The molecule has 3 N–H and O–H groups in total. The lowest BCUT2D eigenvalue weighted by Gasteiger charge is -2.47. The van der Waals surface area contributed by atoms with Crippen LogP contribution < -0.4 is 11.1 Å². The van der Waals surface area contributed by atoms with Crippen LogP contribution in [0.5, 0.6) is 0 Å². The van der Waals surface area contributed by atoms with E-state index in [2.05, 4.69) is 10.3 Å². The number of nitrogens with zero attached hydrogens (tertiary/aromatic N) is 1. The number of carbonyl (C=O) groups excluding carboxylic acids is 1. The molecule has 1 aromatic carbocycles. The Balaban J connectivity index is 1.55. The van der Waals surface area contributed by atoms with Gasteiger partial charge in [-0.3, -0.25) is 4.79 Å². The van der Waals surface area contributed by atoms with Crippen LogP contribution in [-0.4, -0.2) is 43.4 Å². The molecule has 1 aliphatic heterocycles. The minimum atomic E-state index is -0.0524. The Labute approximate surface area is 144 Å². The Morgan fingerprint density at radius 2 is 2.38 bits per heavy atom. The number of fused-ring (bicyclic) bond motifs is 2. The highest BCUT2D eigenvalue weighted by Crippen LogP contribution is 2.43. The minimum Gasteiger partial charge on any atom is -0.384 e. The van der Waals surface area contributed by atoms with Gasteiger partial charge in [0.25, 0.3) is 5.91 Å². The highest BCUT2D eigenvalue weighted by Gasteiger charge is 2.54. The van der Waals surface area contributed by atoms with E-state index in [9.17, 15) is 4.79 Å². The number of nitrogens with one attached hydrogen (secondary N) is 1. The highest BCUT2D eigenvalue weighted by atomic mass is 32.1. The van der Waals surface area contributed by atoms with E-state index in [1.165, 1.54) is 11.3 Å². The molecule has 2 heterocycles. The van der Waals surface area contributed by atoms with Crippen LogP contribution in [0.3, 0.4) is 0 Å². The predicted molar refractivity (Wildman–Crippen MR) is 93.2 cm³/mol. The predicted octanol–water partition coefficient (Wildman–Crippen LogP) is 1.97. The van der Waals surface area contributed by atoms with Crippen molar-refractivity contribution in [3.8, 4) is 0 Å². The number of nitrogen functional groups attached to an aromatic ring is 1. The average Bonchev–Trinajstić information content (AvgIpc) is 3.13. The summed E-state index contributed by atoms with van der Waals surface area (Å²) in [5, 5.41) is 3.72. The number of anilines is 1. The minimum absolute atomic E-state index is 0.0524. The van der Waals surface area contributed by atoms with Gasteiger partial charge in [-0.1, -0.05) is 11.3 Å². The Bertz CT molecular complexity index is 791. The van der Waals surface area contributed by atoms with Gasteiger partial charge in [0.05, 0.1) is 22.9 Å². The molecular formula is C17H21N3O3S. The number of nitrogens with two attached hydrogens (primary N) is 1. The average molecular weight is 347 g/mol. The van der Waals surface area contributed by atoms with Crippen molar-refractivity contribution in [2.24, 2.45) is 11.8 Å².